The molecule has 5 heteroatoms. The average molecular weight is 238 g/mol. The van der Waals surface area contributed by atoms with Crippen LogP contribution >= 0.6 is 0 Å². The third-order valence-electron chi connectivity index (χ3n) is 1.93. The van der Waals surface area contributed by atoms with Crippen LogP contribution in [0.5, 0.6) is 0 Å². The fourth-order valence-corrected chi connectivity index (χ4v) is 1.15. The molecule has 0 fully saturated rings. The van der Waals surface area contributed by atoms with Gasteiger partial charge in [0.25, 0.3) is 0 Å². The molecule has 1 rings (SSSR count). The fourth-order valence-electron chi connectivity index (χ4n) is 1.15. The lowest BCUT2D eigenvalue weighted by Crippen LogP contribution is -2.00. The SMILES string of the molecule is CCOC(=O)C=Cc1cc(C(=O)O)ccc1F. The number of carboxylic acids is 1. The highest BCUT2D eigenvalue weighted by molar-refractivity contribution is 5.90. The van der Waals surface area contributed by atoms with Crippen molar-refractivity contribution in [3.05, 3.63) is 41.2 Å². The van der Waals surface area contributed by atoms with Crippen molar-refractivity contribution in [2.24, 2.45) is 0 Å². The van der Waals surface area contributed by atoms with Crippen molar-refractivity contribution >= 4 is 18.0 Å². The van der Waals surface area contributed by atoms with Gasteiger partial charge >= 0.3 is 11.9 Å². The van der Waals surface area contributed by atoms with Gasteiger partial charge in [0, 0.05) is 11.6 Å². The van der Waals surface area contributed by atoms with Crippen molar-refractivity contribution in [3.8, 4) is 0 Å². The minimum absolute atomic E-state index is 0.0259. The number of hydrogen-bond donors (Lipinski definition) is 1. The number of benzene rings is 1. The number of ether oxygens (including phenoxy) is 1. The summed E-state index contributed by atoms with van der Waals surface area (Å²) < 4.78 is 17.9. The van der Waals surface area contributed by atoms with Gasteiger partial charge in [-0.15, -0.1) is 0 Å². The van der Waals surface area contributed by atoms with Gasteiger partial charge in [0.2, 0.25) is 0 Å². The molecular weight excluding hydrogens is 227 g/mol. The van der Waals surface area contributed by atoms with Gasteiger partial charge in [-0.2, -0.15) is 0 Å². The van der Waals surface area contributed by atoms with Gasteiger partial charge in [0.05, 0.1) is 12.2 Å². The summed E-state index contributed by atoms with van der Waals surface area (Å²) in [4.78, 5) is 21.7. The molecule has 17 heavy (non-hydrogen) atoms. The molecule has 0 spiro atoms. The second kappa shape index (κ2) is 5.79. The number of carbonyl (C=O) groups is 2. The average Bonchev–Trinajstić information content (AvgIpc) is 2.28. The van der Waals surface area contributed by atoms with E-state index in [-0.39, 0.29) is 17.7 Å². The topological polar surface area (TPSA) is 63.6 Å². The van der Waals surface area contributed by atoms with E-state index in [0.29, 0.717) is 0 Å². The Morgan fingerprint density at radius 1 is 1.47 bits per heavy atom. The van der Waals surface area contributed by atoms with E-state index < -0.39 is 17.8 Å². The maximum Gasteiger partial charge on any atom is 0.335 e. The third kappa shape index (κ3) is 3.71. The minimum Gasteiger partial charge on any atom is -0.478 e. The summed E-state index contributed by atoms with van der Waals surface area (Å²) >= 11 is 0. The lowest BCUT2D eigenvalue weighted by atomic mass is 10.1. The molecule has 90 valence electrons. The Balaban J connectivity index is 2.93. The van der Waals surface area contributed by atoms with Crippen molar-refractivity contribution in [2.45, 2.75) is 6.92 Å². The van der Waals surface area contributed by atoms with Crippen molar-refractivity contribution in [2.75, 3.05) is 6.61 Å². The molecule has 0 saturated heterocycles. The van der Waals surface area contributed by atoms with Crippen LogP contribution < -0.4 is 0 Å². The van der Waals surface area contributed by atoms with Gasteiger partial charge in [-0.1, -0.05) is 0 Å². The molecule has 0 aliphatic rings. The summed E-state index contributed by atoms with van der Waals surface area (Å²) in [6, 6.07) is 3.33. The maximum atomic E-state index is 13.3. The Labute approximate surface area is 97.3 Å². The van der Waals surface area contributed by atoms with Gasteiger partial charge in [0.1, 0.15) is 5.82 Å². The zero-order chi connectivity index (χ0) is 12.8. The molecule has 0 heterocycles. The first-order chi connectivity index (χ1) is 8.04. The first-order valence-electron chi connectivity index (χ1n) is 4.92. The standard InChI is InChI=1S/C12H11FO4/c1-2-17-11(14)6-4-8-7-9(12(15)16)3-5-10(8)13/h3-7H,2H2,1H3,(H,15,16). The second-order valence-corrected chi connectivity index (χ2v) is 3.13. The molecule has 0 aromatic heterocycles. The highest BCUT2D eigenvalue weighted by Gasteiger charge is 2.06. The summed E-state index contributed by atoms with van der Waals surface area (Å²) in [5.41, 5.74) is -0.0205. The Kier molecular flexibility index (Phi) is 4.39. The van der Waals surface area contributed by atoms with Crippen LogP contribution in [-0.2, 0) is 9.53 Å². The predicted octanol–water partition coefficient (Wildman–Crippen LogP) is 2.10. The van der Waals surface area contributed by atoms with Crippen molar-refractivity contribution in [3.63, 3.8) is 0 Å². The van der Waals surface area contributed by atoms with Gasteiger partial charge in [-0.3, -0.25) is 0 Å². The van der Waals surface area contributed by atoms with Gasteiger partial charge in [-0.25, -0.2) is 14.0 Å². The Hall–Kier alpha value is -2.17. The second-order valence-electron chi connectivity index (χ2n) is 3.13. The van der Waals surface area contributed by atoms with Crippen LogP contribution in [0.25, 0.3) is 6.08 Å². The molecule has 0 aliphatic carbocycles. The number of rotatable bonds is 4. The summed E-state index contributed by atoms with van der Waals surface area (Å²) in [6.07, 6.45) is 2.23. The van der Waals surface area contributed by atoms with Crippen LogP contribution in [-0.4, -0.2) is 23.7 Å². The van der Waals surface area contributed by atoms with E-state index in [0.717, 1.165) is 24.3 Å². The third-order valence-corrected chi connectivity index (χ3v) is 1.93. The number of halogens is 1. The Bertz CT molecular complexity index is 466. The number of carboxylic acid groups (broad SMARTS) is 1. The first kappa shape index (κ1) is 12.9. The molecule has 0 aliphatic heterocycles. The zero-order valence-electron chi connectivity index (χ0n) is 9.14. The van der Waals surface area contributed by atoms with Gasteiger partial charge in [-0.05, 0) is 31.2 Å². The molecule has 0 amide bonds. The largest absolute Gasteiger partial charge is 0.478 e. The highest BCUT2D eigenvalue weighted by Crippen LogP contribution is 2.12. The van der Waals surface area contributed by atoms with Crippen LogP contribution in [0.2, 0.25) is 0 Å². The number of carbonyl (C=O) groups excluding carboxylic acids is 1. The molecule has 1 aromatic carbocycles. The van der Waals surface area contributed by atoms with E-state index >= 15 is 0 Å². The molecule has 0 bridgehead atoms. The molecule has 0 unspecified atom stereocenters. The van der Waals surface area contributed by atoms with E-state index in [1.54, 1.807) is 6.92 Å². The van der Waals surface area contributed by atoms with Crippen LogP contribution in [0, 0.1) is 5.82 Å². The van der Waals surface area contributed by atoms with Gasteiger partial charge < -0.3 is 9.84 Å². The normalized spacial score (nSPS) is 10.5. The smallest absolute Gasteiger partial charge is 0.335 e. The van der Waals surface area contributed by atoms with Crippen LogP contribution in [0.3, 0.4) is 0 Å². The predicted molar refractivity (Wildman–Crippen MR) is 59.0 cm³/mol. The zero-order valence-corrected chi connectivity index (χ0v) is 9.14. The quantitative estimate of drug-likeness (QED) is 0.644. The molecular formula is C12H11FO4. The van der Waals surface area contributed by atoms with E-state index in [4.69, 9.17) is 5.11 Å². The molecule has 0 radical (unpaired) electrons. The maximum absolute atomic E-state index is 13.3. The van der Waals surface area contributed by atoms with Crippen molar-refractivity contribution in [1.82, 2.24) is 0 Å². The summed E-state index contributed by atoms with van der Waals surface area (Å²) in [5, 5.41) is 8.72. The molecule has 1 N–H and O–H groups in total. The molecule has 1 aromatic rings. The Morgan fingerprint density at radius 3 is 2.76 bits per heavy atom. The van der Waals surface area contributed by atoms with Crippen molar-refractivity contribution in [1.29, 1.82) is 0 Å². The van der Waals surface area contributed by atoms with Crippen LogP contribution in [0.1, 0.15) is 22.8 Å². The summed E-state index contributed by atoms with van der Waals surface area (Å²) in [6.45, 7) is 1.87. The number of hydrogen-bond acceptors (Lipinski definition) is 3. The van der Waals surface area contributed by atoms with E-state index in [1.807, 2.05) is 0 Å². The fraction of sp³-hybridized carbons (Fsp3) is 0.167. The summed E-state index contributed by atoms with van der Waals surface area (Å²) in [7, 11) is 0. The minimum atomic E-state index is -1.16. The van der Waals surface area contributed by atoms with Crippen molar-refractivity contribution < 1.29 is 23.8 Å². The number of aromatic carboxylic acids is 1. The Morgan fingerprint density at radius 2 is 2.18 bits per heavy atom. The van der Waals surface area contributed by atoms with E-state index in [1.165, 1.54) is 6.08 Å². The van der Waals surface area contributed by atoms with E-state index in [2.05, 4.69) is 4.74 Å². The lowest BCUT2D eigenvalue weighted by Gasteiger charge is -1.99. The number of esters is 1. The molecule has 0 atom stereocenters. The summed E-state index contributed by atoms with van der Waals surface area (Å²) in [5.74, 6) is -2.36. The van der Waals surface area contributed by atoms with E-state index in [9.17, 15) is 14.0 Å². The first-order valence-corrected chi connectivity index (χ1v) is 4.92. The van der Waals surface area contributed by atoms with Gasteiger partial charge in [0.15, 0.2) is 0 Å². The molecule has 4 nitrogen and oxygen atoms in total. The lowest BCUT2D eigenvalue weighted by molar-refractivity contribution is -0.137. The van der Waals surface area contributed by atoms with Crippen LogP contribution in [0.15, 0.2) is 24.3 Å². The molecule has 0 saturated carbocycles. The highest BCUT2D eigenvalue weighted by atomic mass is 19.1. The monoisotopic (exact) mass is 238 g/mol. The van der Waals surface area contributed by atoms with Crippen LogP contribution in [0.4, 0.5) is 4.39 Å².